The van der Waals surface area contributed by atoms with Crippen LogP contribution in [0, 0.1) is 12.3 Å². The molecule has 70 valence electrons. The molecule has 0 atom stereocenters. The van der Waals surface area contributed by atoms with Gasteiger partial charge in [0.2, 0.25) is 0 Å². The fourth-order valence-electron chi connectivity index (χ4n) is 1.63. The summed E-state index contributed by atoms with van der Waals surface area (Å²) in [5, 5.41) is 0. The van der Waals surface area contributed by atoms with Gasteiger partial charge in [0.05, 0.1) is 5.70 Å². The lowest BCUT2D eigenvalue weighted by Gasteiger charge is -2.28. The fraction of sp³-hybridized carbons (Fsp3) is 0.636. The van der Waals surface area contributed by atoms with Gasteiger partial charge < -0.3 is 4.90 Å². The number of allylic oxidation sites excluding steroid dienone is 1. The SMILES string of the molecule is C#CCCC(=C=O)N1CCCCC1. The van der Waals surface area contributed by atoms with Crippen LogP contribution in [0.25, 0.3) is 0 Å². The number of rotatable bonds is 3. The molecule has 0 aliphatic carbocycles. The maximum atomic E-state index is 10.6. The maximum Gasteiger partial charge on any atom is 0.145 e. The quantitative estimate of drug-likeness (QED) is 0.482. The first-order valence-electron chi connectivity index (χ1n) is 4.81. The molecule has 1 fully saturated rings. The van der Waals surface area contributed by atoms with Gasteiger partial charge in [0.1, 0.15) is 5.94 Å². The highest BCUT2D eigenvalue weighted by Crippen LogP contribution is 2.15. The molecular weight excluding hydrogens is 162 g/mol. The lowest BCUT2D eigenvalue weighted by Crippen LogP contribution is -2.29. The molecule has 2 heteroatoms. The van der Waals surface area contributed by atoms with Crippen LogP contribution >= 0.6 is 0 Å². The largest absolute Gasteiger partial charge is 0.366 e. The monoisotopic (exact) mass is 177 g/mol. The van der Waals surface area contributed by atoms with Crippen LogP contribution < -0.4 is 0 Å². The molecule has 0 N–H and O–H groups in total. The van der Waals surface area contributed by atoms with E-state index in [0.717, 1.165) is 18.8 Å². The van der Waals surface area contributed by atoms with E-state index in [1.54, 1.807) is 0 Å². The minimum atomic E-state index is 0.640. The summed E-state index contributed by atoms with van der Waals surface area (Å²) in [6.45, 7) is 1.99. The average Bonchev–Trinajstić information content (AvgIpc) is 2.21. The van der Waals surface area contributed by atoms with E-state index in [1.807, 2.05) is 5.94 Å². The van der Waals surface area contributed by atoms with Gasteiger partial charge in [-0.25, -0.2) is 4.79 Å². The smallest absolute Gasteiger partial charge is 0.145 e. The summed E-state index contributed by atoms with van der Waals surface area (Å²) < 4.78 is 0. The van der Waals surface area contributed by atoms with E-state index >= 15 is 0 Å². The topological polar surface area (TPSA) is 20.3 Å². The van der Waals surface area contributed by atoms with Gasteiger partial charge in [0, 0.05) is 25.9 Å². The molecule has 1 rings (SSSR count). The van der Waals surface area contributed by atoms with Crippen LogP contribution in [-0.2, 0) is 4.79 Å². The number of hydrogen-bond donors (Lipinski definition) is 0. The molecule has 2 nitrogen and oxygen atoms in total. The number of terminal acetylenes is 1. The standard InChI is InChI=1S/C11H15NO/c1-2-3-7-11(10-13)12-8-5-4-6-9-12/h1H,3-9H2. The van der Waals surface area contributed by atoms with Crippen LogP contribution in [-0.4, -0.2) is 23.9 Å². The van der Waals surface area contributed by atoms with Crippen molar-refractivity contribution in [1.29, 1.82) is 0 Å². The van der Waals surface area contributed by atoms with E-state index in [0.29, 0.717) is 12.8 Å². The average molecular weight is 177 g/mol. The van der Waals surface area contributed by atoms with Gasteiger partial charge in [-0.05, 0) is 19.3 Å². The van der Waals surface area contributed by atoms with E-state index in [2.05, 4.69) is 10.8 Å². The van der Waals surface area contributed by atoms with Crippen LogP contribution in [0.4, 0.5) is 0 Å². The number of carbonyl (C=O) groups excluding carboxylic acids is 1. The van der Waals surface area contributed by atoms with Crippen molar-refractivity contribution in [3.8, 4) is 12.3 Å². The molecule has 13 heavy (non-hydrogen) atoms. The van der Waals surface area contributed by atoms with Crippen molar-refractivity contribution in [3.05, 3.63) is 5.70 Å². The Morgan fingerprint density at radius 1 is 1.31 bits per heavy atom. The molecular formula is C11H15NO. The molecule has 0 aromatic heterocycles. The van der Waals surface area contributed by atoms with Crippen LogP contribution in [0.3, 0.4) is 0 Å². The number of hydrogen-bond acceptors (Lipinski definition) is 2. The van der Waals surface area contributed by atoms with Crippen molar-refractivity contribution in [3.63, 3.8) is 0 Å². The summed E-state index contributed by atoms with van der Waals surface area (Å²) in [5.41, 5.74) is 0.762. The Kier molecular flexibility index (Phi) is 4.15. The Bertz CT molecular complexity index is 239. The molecule has 0 amide bonds. The second kappa shape index (κ2) is 5.45. The summed E-state index contributed by atoms with van der Waals surface area (Å²) in [7, 11) is 0. The first-order chi connectivity index (χ1) is 6.38. The summed E-state index contributed by atoms with van der Waals surface area (Å²) in [6, 6.07) is 0. The Morgan fingerprint density at radius 2 is 2.00 bits per heavy atom. The van der Waals surface area contributed by atoms with E-state index in [4.69, 9.17) is 6.42 Å². The molecule has 1 aliphatic heterocycles. The van der Waals surface area contributed by atoms with Gasteiger partial charge in [-0.1, -0.05) is 0 Å². The van der Waals surface area contributed by atoms with Crippen molar-refractivity contribution in [2.75, 3.05) is 13.1 Å². The Hall–Kier alpha value is -1.19. The summed E-state index contributed by atoms with van der Waals surface area (Å²) in [5.74, 6) is 4.55. The summed E-state index contributed by atoms with van der Waals surface area (Å²) in [6.07, 6.45) is 10.1. The minimum Gasteiger partial charge on any atom is -0.366 e. The molecule has 1 aliphatic rings. The van der Waals surface area contributed by atoms with E-state index in [-0.39, 0.29) is 0 Å². The van der Waals surface area contributed by atoms with E-state index < -0.39 is 0 Å². The predicted octanol–water partition coefficient (Wildman–Crippen LogP) is 1.60. The van der Waals surface area contributed by atoms with Gasteiger partial charge in [0.25, 0.3) is 0 Å². The zero-order chi connectivity index (χ0) is 9.52. The van der Waals surface area contributed by atoms with Crippen LogP contribution in [0.1, 0.15) is 32.1 Å². The summed E-state index contributed by atoms with van der Waals surface area (Å²) >= 11 is 0. The Balaban J connectivity index is 2.46. The van der Waals surface area contributed by atoms with Gasteiger partial charge in [-0.3, -0.25) is 0 Å². The zero-order valence-electron chi connectivity index (χ0n) is 7.88. The molecule has 1 heterocycles. The fourth-order valence-corrected chi connectivity index (χ4v) is 1.63. The van der Waals surface area contributed by atoms with Crippen molar-refractivity contribution < 1.29 is 4.79 Å². The van der Waals surface area contributed by atoms with Crippen LogP contribution in [0.2, 0.25) is 0 Å². The number of piperidine rings is 1. The normalized spacial score (nSPS) is 16.1. The Labute approximate surface area is 79.6 Å². The lowest BCUT2D eigenvalue weighted by molar-refractivity contribution is 0.279. The van der Waals surface area contributed by atoms with Gasteiger partial charge >= 0.3 is 0 Å². The number of nitrogens with zero attached hydrogens (tertiary/aromatic N) is 1. The third kappa shape index (κ3) is 2.97. The zero-order valence-corrected chi connectivity index (χ0v) is 7.88. The van der Waals surface area contributed by atoms with Crippen LogP contribution in [0.15, 0.2) is 5.70 Å². The molecule has 0 unspecified atom stereocenters. The highest BCUT2D eigenvalue weighted by atomic mass is 16.1. The second-order valence-electron chi connectivity index (χ2n) is 3.30. The first-order valence-corrected chi connectivity index (χ1v) is 4.81. The van der Waals surface area contributed by atoms with Gasteiger partial charge in [-0.15, -0.1) is 12.3 Å². The molecule has 0 aromatic carbocycles. The van der Waals surface area contributed by atoms with Crippen molar-refractivity contribution in [2.45, 2.75) is 32.1 Å². The molecule has 0 bridgehead atoms. The predicted molar refractivity (Wildman–Crippen MR) is 52.7 cm³/mol. The van der Waals surface area contributed by atoms with Gasteiger partial charge in [0.15, 0.2) is 0 Å². The van der Waals surface area contributed by atoms with Crippen LogP contribution in [0.5, 0.6) is 0 Å². The van der Waals surface area contributed by atoms with Crippen molar-refractivity contribution >= 4 is 5.94 Å². The van der Waals surface area contributed by atoms with E-state index in [1.165, 1.54) is 19.3 Å². The maximum absolute atomic E-state index is 10.6. The van der Waals surface area contributed by atoms with Crippen molar-refractivity contribution in [2.24, 2.45) is 0 Å². The first kappa shape index (κ1) is 9.89. The highest BCUT2D eigenvalue weighted by molar-refractivity contribution is 5.51. The molecule has 0 spiro atoms. The molecule has 0 radical (unpaired) electrons. The third-order valence-corrected chi connectivity index (χ3v) is 2.36. The van der Waals surface area contributed by atoms with Gasteiger partial charge in [-0.2, -0.15) is 0 Å². The molecule has 0 aromatic rings. The minimum absolute atomic E-state index is 0.640. The highest BCUT2D eigenvalue weighted by Gasteiger charge is 2.13. The summed E-state index contributed by atoms with van der Waals surface area (Å²) in [4.78, 5) is 12.8. The number of likely N-dealkylation sites (tertiary alicyclic amines) is 1. The van der Waals surface area contributed by atoms with Crippen molar-refractivity contribution in [1.82, 2.24) is 4.90 Å². The third-order valence-electron chi connectivity index (χ3n) is 2.36. The molecule has 1 saturated heterocycles. The molecule has 0 saturated carbocycles. The second-order valence-corrected chi connectivity index (χ2v) is 3.30. The lowest BCUT2D eigenvalue weighted by atomic mass is 10.1. The Morgan fingerprint density at radius 3 is 2.54 bits per heavy atom. The van der Waals surface area contributed by atoms with E-state index in [9.17, 15) is 4.79 Å².